The molecule has 0 aliphatic heterocycles. The van der Waals surface area contributed by atoms with Crippen LogP contribution < -0.4 is 0 Å². The van der Waals surface area contributed by atoms with Gasteiger partial charge in [-0.15, -0.1) is 0 Å². The van der Waals surface area contributed by atoms with Crippen molar-refractivity contribution >= 4 is 28.1 Å². The number of aromatic carboxylic acids is 1. The summed E-state index contributed by atoms with van der Waals surface area (Å²) in [6.07, 6.45) is 0.770. The predicted octanol–water partition coefficient (Wildman–Crippen LogP) is 5.71. The fourth-order valence-electron chi connectivity index (χ4n) is 4.17. The highest BCUT2D eigenvalue weighted by Crippen LogP contribution is 2.35. The second kappa shape index (κ2) is 7.09. The van der Waals surface area contributed by atoms with Gasteiger partial charge in [0.15, 0.2) is 5.65 Å². The average Bonchev–Trinajstić information content (AvgIpc) is 3.33. The first-order valence-corrected chi connectivity index (χ1v) is 10.2. The third-order valence-corrected chi connectivity index (χ3v) is 5.52. The minimum absolute atomic E-state index is 0.0517. The number of carboxylic acid groups (broad SMARTS) is 1. The Hall–Kier alpha value is -3.93. The number of carboxylic acids is 1. The molecule has 0 aliphatic rings. The molecule has 0 spiro atoms. The molecule has 0 unspecified atom stereocenters. The fourth-order valence-corrected chi connectivity index (χ4v) is 4.17. The Labute approximate surface area is 178 Å². The highest BCUT2D eigenvalue weighted by atomic mass is 16.4. The summed E-state index contributed by atoms with van der Waals surface area (Å²) in [6, 6.07) is 17.2. The molecule has 154 valence electrons. The Morgan fingerprint density at radius 1 is 1.06 bits per heavy atom. The summed E-state index contributed by atoms with van der Waals surface area (Å²) in [5, 5.41) is 10.4. The fraction of sp³-hybridized carbons (Fsp3) is 0.160. The van der Waals surface area contributed by atoms with Crippen LogP contribution >= 0.6 is 0 Å². The summed E-state index contributed by atoms with van der Waals surface area (Å²) in [6.45, 7) is 6.11. The Morgan fingerprint density at radius 2 is 1.81 bits per heavy atom. The summed E-state index contributed by atoms with van der Waals surface area (Å²) in [5.41, 5.74) is 6.65. The number of hydrogen-bond donors (Lipinski definition) is 1. The maximum absolute atomic E-state index is 11.8. The zero-order chi connectivity index (χ0) is 21.7. The molecule has 6 nitrogen and oxygen atoms in total. The van der Waals surface area contributed by atoms with Crippen molar-refractivity contribution in [2.45, 2.75) is 27.2 Å². The molecule has 0 atom stereocenters. The van der Waals surface area contributed by atoms with E-state index in [0.717, 1.165) is 51.3 Å². The number of aryl methyl sites for hydroxylation is 3. The van der Waals surface area contributed by atoms with Crippen molar-refractivity contribution in [3.63, 3.8) is 0 Å². The predicted molar refractivity (Wildman–Crippen MR) is 120 cm³/mol. The molecular formula is C25H21N3O3. The van der Waals surface area contributed by atoms with Crippen LogP contribution in [0.4, 0.5) is 0 Å². The lowest BCUT2D eigenvalue weighted by Gasteiger charge is -2.09. The normalized spacial score (nSPS) is 11.5. The van der Waals surface area contributed by atoms with Crippen molar-refractivity contribution in [1.82, 2.24) is 14.5 Å². The number of rotatable bonds is 4. The number of hydrogen-bond acceptors (Lipinski definition) is 4. The number of carbonyl (C=O) groups is 1. The van der Waals surface area contributed by atoms with Crippen molar-refractivity contribution in [1.29, 1.82) is 0 Å². The molecule has 5 aromatic rings. The van der Waals surface area contributed by atoms with Crippen molar-refractivity contribution in [3.8, 4) is 16.8 Å². The van der Waals surface area contributed by atoms with Gasteiger partial charge in [-0.05, 0) is 49.2 Å². The van der Waals surface area contributed by atoms with E-state index in [9.17, 15) is 9.90 Å². The number of aromatic nitrogens is 3. The maximum Gasteiger partial charge on any atom is 0.372 e. The molecule has 6 heteroatoms. The van der Waals surface area contributed by atoms with Crippen LogP contribution in [0.2, 0.25) is 0 Å². The van der Waals surface area contributed by atoms with Crippen LogP contribution in [0.3, 0.4) is 0 Å². The van der Waals surface area contributed by atoms with E-state index in [2.05, 4.69) is 11.5 Å². The van der Waals surface area contributed by atoms with E-state index in [1.54, 1.807) is 6.07 Å². The number of fused-ring (bicyclic) bond motifs is 2. The quantitative estimate of drug-likeness (QED) is 0.410. The average molecular weight is 411 g/mol. The minimum Gasteiger partial charge on any atom is -0.475 e. The molecule has 0 aliphatic carbocycles. The molecule has 0 bridgehead atoms. The number of furan rings is 1. The first-order valence-electron chi connectivity index (χ1n) is 10.2. The number of imidazole rings is 1. The molecule has 5 rings (SSSR count). The molecular weight excluding hydrogens is 390 g/mol. The molecule has 0 saturated carbocycles. The summed E-state index contributed by atoms with van der Waals surface area (Å²) in [7, 11) is 0. The monoisotopic (exact) mass is 411 g/mol. The van der Waals surface area contributed by atoms with Crippen LogP contribution in [0.25, 0.3) is 38.9 Å². The number of benzene rings is 2. The van der Waals surface area contributed by atoms with Crippen molar-refractivity contribution < 1.29 is 14.3 Å². The van der Waals surface area contributed by atoms with Crippen LogP contribution in [0.1, 0.15) is 34.6 Å². The molecule has 3 aromatic heterocycles. The molecule has 2 aromatic carbocycles. The smallest absolute Gasteiger partial charge is 0.372 e. The van der Waals surface area contributed by atoms with E-state index in [4.69, 9.17) is 14.4 Å². The molecule has 31 heavy (non-hydrogen) atoms. The number of pyridine rings is 1. The van der Waals surface area contributed by atoms with Gasteiger partial charge < -0.3 is 9.52 Å². The van der Waals surface area contributed by atoms with Gasteiger partial charge in [0, 0.05) is 28.8 Å². The van der Waals surface area contributed by atoms with Crippen LogP contribution in [0.15, 0.2) is 59.0 Å². The van der Waals surface area contributed by atoms with Gasteiger partial charge in [0.1, 0.15) is 16.9 Å². The van der Waals surface area contributed by atoms with E-state index in [1.807, 2.05) is 62.4 Å². The lowest BCUT2D eigenvalue weighted by atomic mass is 10.0. The van der Waals surface area contributed by atoms with Crippen LogP contribution in [-0.2, 0) is 6.42 Å². The Kier molecular flexibility index (Phi) is 4.36. The molecule has 0 amide bonds. The second-order valence-corrected chi connectivity index (χ2v) is 7.62. The van der Waals surface area contributed by atoms with Gasteiger partial charge in [0.2, 0.25) is 5.76 Å². The standard InChI is InChI=1S/C25H21N3O3/c1-4-20-27-22-14(2)13-15(3)26-24(22)28(20)17-11-9-16(10-12-17)21-18-7-5-6-8-19(18)31-23(21)25(29)30/h5-13H,4H2,1-3H3,(H,29,30). The number of para-hydroxylation sites is 1. The van der Waals surface area contributed by atoms with Gasteiger partial charge in [-0.3, -0.25) is 4.57 Å². The van der Waals surface area contributed by atoms with Crippen molar-refractivity contribution in [2.24, 2.45) is 0 Å². The first-order chi connectivity index (χ1) is 15.0. The van der Waals surface area contributed by atoms with Gasteiger partial charge in [0.25, 0.3) is 0 Å². The van der Waals surface area contributed by atoms with Gasteiger partial charge in [-0.25, -0.2) is 14.8 Å². The SMILES string of the molecule is CCc1nc2c(C)cc(C)nc2n1-c1ccc(-c2c(C(=O)O)oc3ccccc23)cc1. The van der Waals surface area contributed by atoms with Crippen molar-refractivity contribution in [2.75, 3.05) is 0 Å². The Balaban J connectivity index is 1.69. The molecule has 0 saturated heterocycles. The highest BCUT2D eigenvalue weighted by molar-refractivity contribution is 6.05. The second-order valence-electron chi connectivity index (χ2n) is 7.62. The Bertz CT molecular complexity index is 1460. The summed E-state index contributed by atoms with van der Waals surface area (Å²) < 4.78 is 7.69. The summed E-state index contributed by atoms with van der Waals surface area (Å²) in [5.74, 6) is -0.201. The van der Waals surface area contributed by atoms with Gasteiger partial charge in [0.05, 0.1) is 0 Å². The number of nitrogens with zero attached hydrogens (tertiary/aromatic N) is 3. The zero-order valence-corrected chi connectivity index (χ0v) is 17.5. The minimum atomic E-state index is -1.08. The molecule has 3 heterocycles. The third kappa shape index (κ3) is 2.99. The van der Waals surface area contributed by atoms with E-state index in [0.29, 0.717) is 11.1 Å². The Morgan fingerprint density at radius 3 is 2.52 bits per heavy atom. The summed E-state index contributed by atoms with van der Waals surface area (Å²) in [4.78, 5) is 21.3. The van der Waals surface area contributed by atoms with Gasteiger partial charge in [-0.1, -0.05) is 37.3 Å². The molecule has 0 fully saturated rings. The van der Waals surface area contributed by atoms with E-state index in [1.165, 1.54) is 0 Å². The summed E-state index contributed by atoms with van der Waals surface area (Å²) >= 11 is 0. The van der Waals surface area contributed by atoms with Gasteiger partial charge >= 0.3 is 5.97 Å². The van der Waals surface area contributed by atoms with Crippen LogP contribution in [-0.4, -0.2) is 25.6 Å². The van der Waals surface area contributed by atoms with E-state index < -0.39 is 5.97 Å². The van der Waals surface area contributed by atoms with E-state index >= 15 is 0 Å². The molecule has 1 N–H and O–H groups in total. The first kappa shape index (κ1) is 19.1. The largest absolute Gasteiger partial charge is 0.475 e. The highest BCUT2D eigenvalue weighted by Gasteiger charge is 2.21. The van der Waals surface area contributed by atoms with Crippen molar-refractivity contribution in [3.05, 3.63) is 77.4 Å². The lowest BCUT2D eigenvalue weighted by Crippen LogP contribution is -2.02. The van der Waals surface area contributed by atoms with E-state index in [-0.39, 0.29) is 5.76 Å². The molecule has 0 radical (unpaired) electrons. The van der Waals surface area contributed by atoms with Gasteiger partial charge in [-0.2, -0.15) is 0 Å². The topological polar surface area (TPSA) is 81.2 Å². The van der Waals surface area contributed by atoms with Crippen LogP contribution in [0.5, 0.6) is 0 Å². The maximum atomic E-state index is 11.8. The third-order valence-electron chi connectivity index (χ3n) is 5.52. The lowest BCUT2D eigenvalue weighted by molar-refractivity contribution is 0.0666. The van der Waals surface area contributed by atoms with Crippen LogP contribution in [0, 0.1) is 13.8 Å². The zero-order valence-electron chi connectivity index (χ0n) is 17.5.